The molecule has 2 heterocycles. The van der Waals surface area contributed by atoms with Crippen molar-refractivity contribution in [1.82, 2.24) is 9.88 Å². The van der Waals surface area contributed by atoms with Crippen LogP contribution < -0.4 is 19.1 Å². The fraction of sp³-hybridized carbons (Fsp3) is 0.481. The van der Waals surface area contributed by atoms with E-state index in [-0.39, 0.29) is 18.3 Å². The minimum absolute atomic E-state index is 0. The molecule has 3 aromatic rings. The molecule has 0 unspecified atom stereocenters. The van der Waals surface area contributed by atoms with Crippen LogP contribution in [0.4, 0.5) is 5.13 Å². The van der Waals surface area contributed by atoms with Crippen molar-refractivity contribution in [3.05, 3.63) is 36.4 Å². The van der Waals surface area contributed by atoms with Gasteiger partial charge in [0, 0.05) is 37.5 Å². The Kier molecular flexibility index (Phi) is 12.3. The number of nitrogens with zero attached hydrogens (tertiary/aromatic N) is 3. The number of amides is 1. The van der Waals surface area contributed by atoms with Crippen LogP contribution in [0.15, 0.2) is 41.3 Å². The third-order valence-corrected chi connectivity index (χ3v) is 8.45. The number of fused-ring (bicyclic) bond motifs is 1. The molecule has 11 heteroatoms. The fourth-order valence-electron chi connectivity index (χ4n) is 4.21. The number of carbonyl (C=O) groups is 1. The minimum Gasteiger partial charge on any atom is -0.497 e. The third kappa shape index (κ3) is 7.89. The standard InChI is InChI=1S/C27H35N3O5S2.ClH/c1-32-20-7-9-21(10-8-20)36-19-4-6-24(31)30(14-5-13-29-15-17-35-18-16-29)27-28-25-22(33-2)11-12-23(34-3)26(25)37-27;/h7-12H,4-6,13-19H2,1-3H3;1H. The molecule has 1 saturated heterocycles. The predicted octanol–water partition coefficient (Wildman–Crippen LogP) is 5.37. The molecule has 0 N–H and O–H groups in total. The predicted molar refractivity (Wildman–Crippen MR) is 157 cm³/mol. The van der Waals surface area contributed by atoms with Gasteiger partial charge in [-0.3, -0.25) is 14.6 Å². The van der Waals surface area contributed by atoms with Crippen LogP contribution in [0.5, 0.6) is 17.2 Å². The lowest BCUT2D eigenvalue weighted by Crippen LogP contribution is -2.39. The van der Waals surface area contributed by atoms with Gasteiger partial charge in [0.2, 0.25) is 5.91 Å². The maximum Gasteiger partial charge on any atom is 0.228 e. The molecule has 1 aliphatic heterocycles. The summed E-state index contributed by atoms with van der Waals surface area (Å²) in [7, 11) is 4.94. The first-order valence-electron chi connectivity index (χ1n) is 12.5. The highest BCUT2D eigenvalue weighted by molar-refractivity contribution is 7.99. The largest absolute Gasteiger partial charge is 0.497 e. The maximum atomic E-state index is 13.5. The summed E-state index contributed by atoms with van der Waals surface area (Å²) >= 11 is 3.23. The Balaban J connectivity index is 0.00000400. The van der Waals surface area contributed by atoms with Crippen molar-refractivity contribution in [3.63, 3.8) is 0 Å². The van der Waals surface area contributed by atoms with Gasteiger partial charge in [0.05, 0.1) is 34.5 Å². The van der Waals surface area contributed by atoms with Crippen LogP contribution in [0.2, 0.25) is 0 Å². The first-order valence-corrected chi connectivity index (χ1v) is 14.3. The highest BCUT2D eigenvalue weighted by Crippen LogP contribution is 2.40. The zero-order chi connectivity index (χ0) is 26.0. The zero-order valence-corrected chi connectivity index (χ0v) is 24.6. The molecule has 2 aromatic carbocycles. The van der Waals surface area contributed by atoms with E-state index in [1.807, 2.05) is 41.3 Å². The van der Waals surface area contributed by atoms with Crippen molar-refractivity contribution >= 4 is 56.8 Å². The summed E-state index contributed by atoms with van der Waals surface area (Å²) in [5, 5.41) is 0.688. The van der Waals surface area contributed by atoms with Crippen LogP contribution in [0.25, 0.3) is 10.2 Å². The second-order valence-electron chi connectivity index (χ2n) is 8.62. The van der Waals surface area contributed by atoms with Gasteiger partial charge in [0.25, 0.3) is 0 Å². The van der Waals surface area contributed by atoms with Crippen LogP contribution in [-0.4, -0.2) is 82.3 Å². The quantitative estimate of drug-likeness (QED) is 0.197. The number of morpholine rings is 1. The molecule has 38 heavy (non-hydrogen) atoms. The Morgan fingerprint density at radius 1 is 1.03 bits per heavy atom. The van der Waals surface area contributed by atoms with Crippen molar-refractivity contribution < 1.29 is 23.7 Å². The molecule has 0 radical (unpaired) electrons. The molecule has 0 bridgehead atoms. The molecule has 0 saturated carbocycles. The number of ether oxygens (including phenoxy) is 4. The highest BCUT2D eigenvalue weighted by atomic mass is 35.5. The summed E-state index contributed by atoms with van der Waals surface area (Å²) in [4.78, 5) is 23.7. The lowest BCUT2D eigenvalue weighted by Gasteiger charge is -2.27. The lowest BCUT2D eigenvalue weighted by molar-refractivity contribution is -0.118. The molecule has 0 spiro atoms. The van der Waals surface area contributed by atoms with Crippen LogP contribution in [0, 0.1) is 0 Å². The van der Waals surface area contributed by atoms with Gasteiger partial charge in [-0.1, -0.05) is 11.3 Å². The fourth-order valence-corrected chi connectivity index (χ4v) is 6.18. The van der Waals surface area contributed by atoms with Gasteiger partial charge < -0.3 is 18.9 Å². The smallest absolute Gasteiger partial charge is 0.228 e. The van der Waals surface area contributed by atoms with E-state index in [4.69, 9.17) is 23.9 Å². The summed E-state index contributed by atoms with van der Waals surface area (Å²) in [6, 6.07) is 11.7. The third-order valence-electron chi connectivity index (χ3n) is 6.25. The van der Waals surface area contributed by atoms with Crippen molar-refractivity contribution in [2.24, 2.45) is 0 Å². The van der Waals surface area contributed by atoms with Gasteiger partial charge in [-0.15, -0.1) is 24.2 Å². The molecule has 0 atom stereocenters. The van der Waals surface area contributed by atoms with Gasteiger partial charge in [0.15, 0.2) is 5.13 Å². The summed E-state index contributed by atoms with van der Waals surface area (Å²) < 4.78 is 22.7. The van der Waals surface area contributed by atoms with Crippen LogP contribution >= 0.6 is 35.5 Å². The number of thioether (sulfide) groups is 1. The van der Waals surface area contributed by atoms with Gasteiger partial charge in [-0.2, -0.15) is 0 Å². The maximum absolute atomic E-state index is 13.5. The first-order chi connectivity index (χ1) is 18.1. The minimum atomic E-state index is 0. The van der Waals surface area contributed by atoms with Crippen molar-refractivity contribution in [1.29, 1.82) is 0 Å². The van der Waals surface area contributed by atoms with Crippen LogP contribution in [-0.2, 0) is 9.53 Å². The lowest BCUT2D eigenvalue weighted by atomic mass is 10.2. The van der Waals surface area contributed by atoms with Crippen molar-refractivity contribution in [2.75, 3.05) is 71.4 Å². The Morgan fingerprint density at radius 3 is 2.42 bits per heavy atom. The molecule has 1 fully saturated rings. The van der Waals surface area contributed by atoms with Gasteiger partial charge in [-0.25, -0.2) is 4.98 Å². The van der Waals surface area contributed by atoms with Gasteiger partial charge in [0.1, 0.15) is 27.5 Å². The molecule has 0 aliphatic carbocycles. The van der Waals surface area contributed by atoms with Crippen LogP contribution in [0.3, 0.4) is 0 Å². The number of methoxy groups -OCH3 is 3. The number of aromatic nitrogens is 1. The van der Waals surface area contributed by atoms with E-state index in [9.17, 15) is 4.79 Å². The number of halogens is 1. The number of thiazole rings is 1. The Morgan fingerprint density at radius 2 is 1.74 bits per heavy atom. The van der Waals surface area contributed by atoms with Crippen molar-refractivity contribution in [2.45, 2.75) is 24.2 Å². The van der Waals surface area contributed by atoms with Gasteiger partial charge >= 0.3 is 0 Å². The average molecular weight is 582 g/mol. The second-order valence-corrected chi connectivity index (χ2v) is 10.8. The number of anilines is 1. The molecule has 1 amide bonds. The monoisotopic (exact) mass is 581 g/mol. The normalized spacial score (nSPS) is 13.7. The SMILES string of the molecule is COc1ccc(SCCCC(=O)N(CCCN2CCOCC2)c2nc3c(OC)ccc(OC)c3s2)cc1.Cl. The second kappa shape index (κ2) is 15.4. The number of hydrogen-bond donors (Lipinski definition) is 0. The van der Waals surface area contributed by atoms with E-state index in [1.54, 1.807) is 33.1 Å². The number of carbonyl (C=O) groups excluding carboxylic acids is 1. The molecule has 208 valence electrons. The topological polar surface area (TPSA) is 73.4 Å². The number of benzene rings is 2. The van der Waals surface area contributed by atoms with Crippen LogP contribution in [0.1, 0.15) is 19.3 Å². The molecule has 1 aromatic heterocycles. The molecular formula is C27H36ClN3O5S2. The Labute approximate surface area is 239 Å². The molecular weight excluding hydrogens is 546 g/mol. The number of rotatable bonds is 13. The Bertz CT molecular complexity index is 1110. The first kappa shape index (κ1) is 30.3. The molecule has 4 rings (SSSR count). The summed E-state index contributed by atoms with van der Waals surface area (Å²) in [6.07, 6.45) is 2.12. The zero-order valence-electron chi connectivity index (χ0n) is 22.1. The van der Waals surface area contributed by atoms with Crippen molar-refractivity contribution in [3.8, 4) is 17.2 Å². The van der Waals surface area contributed by atoms with E-state index in [0.29, 0.717) is 23.8 Å². The van der Waals surface area contributed by atoms with E-state index >= 15 is 0 Å². The Hall–Kier alpha value is -2.24. The van der Waals surface area contributed by atoms with E-state index in [1.165, 1.54) is 16.2 Å². The molecule has 8 nitrogen and oxygen atoms in total. The summed E-state index contributed by atoms with van der Waals surface area (Å²) in [5.74, 6) is 3.21. The average Bonchev–Trinajstić information content (AvgIpc) is 3.39. The van der Waals surface area contributed by atoms with Gasteiger partial charge in [-0.05, 0) is 55.0 Å². The van der Waals surface area contributed by atoms with E-state index < -0.39 is 0 Å². The number of hydrogen-bond acceptors (Lipinski definition) is 9. The summed E-state index contributed by atoms with van der Waals surface area (Å²) in [6.45, 7) is 4.96. The molecule has 1 aliphatic rings. The van der Waals surface area contributed by atoms with E-state index in [2.05, 4.69) is 4.90 Å². The highest BCUT2D eigenvalue weighted by Gasteiger charge is 2.23. The summed E-state index contributed by atoms with van der Waals surface area (Å²) in [5.41, 5.74) is 0.725. The van der Waals surface area contributed by atoms with E-state index in [0.717, 1.165) is 73.2 Å².